The molecule has 3 nitrogen and oxygen atoms in total. The molecule has 80 valence electrons. The molecule has 15 heavy (non-hydrogen) atoms. The predicted molar refractivity (Wildman–Crippen MR) is 62.4 cm³/mol. The molecule has 1 amide bonds. The number of para-hydroxylation sites is 1. The molecule has 0 saturated heterocycles. The van der Waals surface area contributed by atoms with E-state index in [1.54, 1.807) is 6.07 Å². The number of benzene rings is 1. The number of rotatable bonds is 0. The Bertz CT molecular complexity index is 415. The third kappa shape index (κ3) is 1.79. The molecule has 0 unspecified atom stereocenters. The van der Waals surface area contributed by atoms with E-state index in [-0.39, 0.29) is 5.91 Å². The molecule has 1 aliphatic heterocycles. The Kier molecular flexibility index (Phi) is 2.35. The molecule has 0 spiro atoms. The molecular formula is C11H13ClN2O. The lowest BCUT2D eigenvalue weighted by Crippen LogP contribution is -2.34. The number of hydrogen-bond acceptors (Lipinski definition) is 2. The van der Waals surface area contributed by atoms with Gasteiger partial charge in [-0.1, -0.05) is 17.7 Å². The maximum atomic E-state index is 11.8. The first-order valence-corrected chi connectivity index (χ1v) is 5.22. The molecule has 0 atom stereocenters. The van der Waals surface area contributed by atoms with Crippen LogP contribution in [0.25, 0.3) is 0 Å². The maximum Gasteiger partial charge on any atom is 0.231 e. The fraction of sp³-hybridized carbons (Fsp3) is 0.364. The number of hydrogen-bond donors (Lipinski definition) is 2. The zero-order valence-electron chi connectivity index (χ0n) is 8.73. The van der Waals surface area contributed by atoms with Crippen molar-refractivity contribution in [2.24, 2.45) is 5.41 Å². The van der Waals surface area contributed by atoms with Crippen LogP contribution >= 0.6 is 11.6 Å². The van der Waals surface area contributed by atoms with Crippen LogP contribution in [0, 0.1) is 5.41 Å². The maximum absolute atomic E-state index is 11.8. The highest BCUT2D eigenvalue weighted by atomic mass is 35.5. The van der Waals surface area contributed by atoms with Crippen LogP contribution in [0.3, 0.4) is 0 Å². The van der Waals surface area contributed by atoms with Crippen molar-refractivity contribution in [1.82, 2.24) is 0 Å². The first-order valence-electron chi connectivity index (χ1n) is 4.84. The summed E-state index contributed by atoms with van der Waals surface area (Å²) in [6, 6.07) is 5.47. The first-order chi connectivity index (χ1) is 7.00. The molecule has 1 aromatic rings. The summed E-state index contributed by atoms with van der Waals surface area (Å²) < 4.78 is 0. The van der Waals surface area contributed by atoms with E-state index in [4.69, 9.17) is 11.6 Å². The van der Waals surface area contributed by atoms with E-state index >= 15 is 0 Å². The summed E-state index contributed by atoms with van der Waals surface area (Å²) in [5, 5.41) is 6.70. The minimum absolute atomic E-state index is 0.0102. The number of fused-ring (bicyclic) bond motifs is 1. The lowest BCUT2D eigenvalue weighted by molar-refractivity contribution is -0.123. The van der Waals surface area contributed by atoms with Crippen molar-refractivity contribution in [2.45, 2.75) is 13.8 Å². The van der Waals surface area contributed by atoms with Crippen molar-refractivity contribution in [1.29, 1.82) is 0 Å². The van der Waals surface area contributed by atoms with Crippen molar-refractivity contribution in [3.8, 4) is 0 Å². The number of nitrogens with one attached hydrogen (secondary N) is 2. The molecule has 2 N–H and O–H groups in total. The third-order valence-electron chi connectivity index (χ3n) is 2.58. The van der Waals surface area contributed by atoms with E-state index in [0.29, 0.717) is 11.6 Å². The van der Waals surface area contributed by atoms with Gasteiger partial charge >= 0.3 is 0 Å². The number of amides is 1. The standard InChI is InChI=1S/C11H13ClN2O/c1-11(2)6-13-9-7(12)4-3-5-8(9)14-10(11)15/h3-5,13H,6H2,1-2H3,(H,14,15). The minimum atomic E-state index is -0.428. The number of anilines is 2. The second kappa shape index (κ2) is 3.42. The van der Waals surface area contributed by atoms with Gasteiger partial charge < -0.3 is 10.6 Å². The summed E-state index contributed by atoms with van der Waals surface area (Å²) >= 11 is 6.04. The van der Waals surface area contributed by atoms with E-state index in [9.17, 15) is 4.79 Å². The zero-order valence-corrected chi connectivity index (χ0v) is 9.48. The van der Waals surface area contributed by atoms with Gasteiger partial charge in [-0.3, -0.25) is 4.79 Å². The summed E-state index contributed by atoms with van der Waals surface area (Å²) in [5.74, 6) is 0.0102. The van der Waals surface area contributed by atoms with Crippen LogP contribution in [0.4, 0.5) is 11.4 Å². The number of halogens is 1. The van der Waals surface area contributed by atoms with Crippen molar-refractivity contribution >= 4 is 28.9 Å². The van der Waals surface area contributed by atoms with Crippen LogP contribution in [0.2, 0.25) is 5.02 Å². The number of carbonyl (C=O) groups excluding carboxylic acids is 1. The van der Waals surface area contributed by atoms with E-state index in [0.717, 1.165) is 11.4 Å². The molecule has 1 aliphatic rings. The van der Waals surface area contributed by atoms with Crippen LogP contribution in [-0.4, -0.2) is 12.5 Å². The van der Waals surface area contributed by atoms with Gasteiger partial charge in [-0.25, -0.2) is 0 Å². The second-order valence-corrected chi connectivity index (χ2v) is 4.76. The lowest BCUT2D eigenvalue weighted by Gasteiger charge is -2.19. The third-order valence-corrected chi connectivity index (χ3v) is 2.90. The van der Waals surface area contributed by atoms with E-state index < -0.39 is 5.41 Å². The topological polar surface area (TPSA) is 41.1 Å². The van der Waals surface area contributed by atoms with Gasteiger partial charge in [-0.2, -0.15) is 0 Å². The zero-order chi connectivity index (χ0) is 11.1. The highest BCUT2D eigenvalue weighted by Crippen LogP contribution is 2.34. The Labute approximate surface area is 93.8 Å². The highest BCUT2D eigenvalue weighted by Gasteiger charge is 2.31. The summed E-state index contributed by atoms with van der Waals surface area (Å²) in [7, 11) is 0. The van der Waals surface area contributed by atoms with E-state index in [2.05, 4.69) is 10.6 Å². The molecular weight excluding hydrogens is 212 g/mol. The van der Waals surface area contributed by atoms with Crippen molar-refractivity contribution < 1.29 is 4.79 Å². The molecule has 0 aromatic heterocycles. The molecule has 0 aliphatic carbocycles. The molecule has 0 saturated carbocycles. The molecule has 2 rings (SSSR count). The Hall–Kier alpha value is -1.22. The van der Waals surface area contributed by atoms with E-state index in [1.165, 1.54) is 0 Å². The average molecular weight is 225 g/mol. The van der Waals surface area contributed by atoms with Gasteiger partial charge in [-0.05, 0) is 26.0 Å². The van der Waals surface area contributed by atoms with Crippen molar-refractivity contribution in [2.75, 3.05) is 17.2 Å². The predicted octanol–water partition coefficient (Wildman–Crippen LogP) is 2.73. The smallest absolute Gasteiger partial charge is 0.231 e. The summed E-state index contributed by atoms with van der Waals surface area (Å²) in [4.78, 5) is 11.8. The molecule has 0 bridgehead atoms. The van der Waals surface area contributed by atoms with Crippen LogP contribution in [0.15, 0.2) is 18.2 Å². The van der Waals surface area contributed by atoms with Gasteiger partial charge in [0, 0.05) is 6.54 Å². The van der Waals surface area contributed by atoms with Gasteiger partial charge in [0.05, 0.1) is 21.8 Å². The van der Waals surface area contributed by atoms with Crippen molar-refractivity contribution in [3.63, 3.8) is 0 Å². The molecule has 0 fully saturated rings. The quantitative estimate of drug-likeness (QED) is 0.712. The first kappa shape index (κ1) is 10.3. The molecule has 1 aromatic carbocycles. The SMILES string of the molecule is CC1(C)CNc2c(Cl)cccc2NC1=O. The lowest BCUT2D eigenvalue weighted by atomic mass is 9.93. The van der Waals surface area contributed by atoms with Gasteiger partial charge in [0.15, 0.2) is 0 Å². The van der Waals surface area contributed by atoms with Crippen LogP contribution < -0.4 is 10.6 Å². The fourth-order valence-corrected chi connectivity index (χ4v) is 1.73. The summed E-state index contributed by atoms with van der Waals surface area (Å²) in [6.45, 7) is 4.37. The normalized spacial score (nSPS) is 18.5. The largest absolute Gasteiger partial charge is 0.381 e. The highest BCUT2D eigenvalue weighted by molar-refractivity contribution is 6.34. The fourth-order valence-electron chi connectivity index (χ4n) is 1.49. The summed E-state index contributed by atoms with van der Waals surface area (Å²) in [5.41, 5.74) is 1.12. The number of carbonyl (C=O) groups is 1. The van der Waals surface area contributed by atoms with Gasteiger partial charge in [-0.15, -0.1) is 0 Å². The molecule has 4 heteroatoms. The summed E-state index contributed by atoms with van der Waals surface area (Å²) in [6.07, 6.45) is 0. The Morgan fingerprint density at radius 3 is 2.87 bits per heavy atom. The monoisotopic (exact) mass is 224 g/mol. The Morgan fingerprint density at radius 2 is 2.13 bits per heavy atom. The van der Waals surface area contributed by atoms with Crippen LogP contribution in [0.1, 0.15) is 13.8 Å². The van der Waals surface area contributed by atoms with E-state index in [1.807, 2.05) is 26.0 Å². The van der Waals surface area contributed by atoms with Crippen LogP contribution in [0.5, 0.6) is 0 Å². The second-order valence-electron chi connectivity index (χ2n) is 4.35. The molecule has 0 radical (unpaired) electrons. The van der Waals surface area contributed by atoms with Crippen LogP contribution in [-0.2, 0) is 4.79 Å². The average Bonchev–Trinajstić information content (AvgIpc) is 2.26. The molecule has 1 heterocycles. The minimum Gasteiger partial charge on any atom is -0.381 e. The van der Waals surface area contributed by atoms with Gasteiger partial charge in [0.1, 0.15) is 0 Å². The van der Waals surface area contributed by atoms with Gasteiger partial charge in [0.2, 0.25) is 5.91 Å². The Balaban J connectivity index is 2.44. The Morgan fingerprint density at radius 1 is 1.40 bits per heavy atom. The van der Waals surface area contributed by atoms with Crippen molar-refractivity contribution in [3.05, 3.63) is 23.2 Å². The van der Waals surface area contributed by atoms with Gasteiger partial charge in [0.25, 0.3) is 0 Å².